The Morgan fingerprint density at radius 2 is 2.08 bits per heavy atom. The minimum Gasteiger partial charge on any atom is -0.494 e. The Bertz CT molecular complexity index is 253. The highest BCUT2D eigenvalue weighted by atomic mass is 16.5. The van der Waals surface area contributed by atoms with Crippen molar-refractivity contribution in [3.05, 3.63) is 36.2 Å². The maximum atomic E-state index is 5.47. The summed E-state index contributed by atoms with van der Waals surface area (Å²) in [5.41, 5.74) is 2.26. The lowest BCUT2D eigenvalue weighted by atomic mass is 10.1. The van der Waals surface area contributed by atoms with E-state index in [1.807, 2.05) is 19.1 Å². The van der Waals surface area contributed by atoms with Gasteiger partial charge in [-0.25, -0.2) is 0 Å². The second-order valence-corrected chi connectivity index (χ2v) is 2.73. The first-order chi connectivity index (χ1) is 5.77. The van der Waals surface area contributed by atoms with Crippen LogP contribution in [0.4, 0.5) is 0 Å². The number of aryl methyl sites for hydroxylation is 1. The molecule has 1 rings (SSSR count). The fourth-order valence-corrected chi connectivity index (χ4v) is 1.18. The van der Waals surface area contributed by atoms with E-state index in [0.29, 0.717) is 0 Å². The summed E-state index contributed by atoms with van der Waals surface area (Å²) < 4.78 is 5.47. The van der Waals surface area contributed by atoms with Gasteiger partial charge in [-0.05, 0) is 37.5 Å². The lowest BCUT2D eigenvalue weighted by Crippen LogP contribution is -1.96. The maximum absolute atomic E-state index is 5.47. The molecule has 0 atom stereocenters. The van der Waals surface area contributed by atoms with Gasteiger partial charge in [-0.15, -0.1) is 0 Å². The van der Waals surface area contributed by atoms with Crippen LogP contribution in [0.1, 0.15) is 25.0 Å². The molecule has 0 saturated heterocycles. The topological polar surface area (TPSA) is 9.23 Å². The Hall–Kier alpha value is -0.980. The third kappa shape index (κ3) is 2.00. The number of benzene rings is 1. The maximum Gasteiger partial charge on any atom is 0.122 e. The highest BCUT2D eigenvalue weighted by molar-refractivity contribution is 5.38. The summed E-state index contributed by atoms with van der Waals surface area (Å²) in [4.78, 5) is 0. The van der Waals surface area contributed by atoms with Crippen molar-refractivity contribution in [2.45, 2.75) is 20.3 Å². The van der Waals surface area contributed by atoms with Gasteiger partial charge in [-0.3, -0.25) is 0 Å². The number of rotatable bonds is 3. The number of hydrogen-bond donors (Lipinski definition) is 0. The molecule has 65 valence electrons. The predicted molar refractivity (Wildman–Crippen MR) is 51.4 cm³/mol. The van der Waals surface area contributed by atoms with Gasteiger partial charge < -0.3 is 4.74 Å². The molecule has 0 aliphatic heterocycles. The van der Waals surface area contributed by atoms with Crippen molar-refractivity contribution in [2.24, 2.45) is 0 Å². The molecule has 0 heterocycles. The van der Waals surface area contributed by atoms with Gasteiger partial charge in [0.25, 0.3) is 0 Å². The van der Waals surface area contributed by atoms with Gasteiger partial charge >= 0.3 is 0 Å². The molecule has 0 N–H and O–H groups in total. The number of hydrogen-bond acceptors (Lipinski definition) is 1. The summed E-state index contributed by atoms with van der Waals surface area (Å²) in [6.07, 6.45) is 1.01. The van der Waals surface area contributed by atoms with E-state index in [1.54, 1.807) is 0 Å². The van der Waals surface area contributed by atoms with Crippen molar-refractivity contribution in [3.8, 4) is 5.75 Å². The van der Waals surface area contributed by atoms with Gasteiger partial charge in [0.05, 0.1) is 6.61 Å². The Balaban J connectivity index is 2.95. The Labute approximate surface area is 74.4 Å². The van der Waals surface area contributed by atoms with E-state index in [-0.39, 0.29) is 0 Å². The smallest absolute Gasteiger partial charge is 0.122 e. The Morgan fingerprint density at radius 1 is 1.33 bits per heavy atom. The average Bonchev–Trinajstić information content (AvgIpc) is 2.05. The minimum absolute atomic E-state index is 0.719. The van der Waals surface area contributed by atoms with Gasteiger partial charge in [-0.1, -0.05) is 19.1 Å². The highest BCUT2D eigenvalue weighted by Crippen LogP contribution is 2.20. The van der Waals surface area contributed by atoms with Gasteiger partial charge in [-0.2, -0.15) is 0 Å². The first kappa shape index (κ1) is 9.11. The third-order valence-corrected chi connectivity index (χ3v) is 1.81. The van der Waals surface area contributed by atoms with Gasteiger partial charge in [0, 0.05) is 0 Å². The van der Waals surface area contributed by atoms with Crippen LogP contribution in [0.5, 0.6) is 5.75 Å². The van der Waals surface area contributed by atoms with Crippen LogP contribution in [0.2, 0.25) is 0 Å². The second-order valence-electron chi connectivity index (χ2n) is 2.73. The summed E-state index contributed by atoms with van der Waals surface area (Å²) in [5, 5.41) is 0. The first-order valence-corrected chi connectivity index (χ1v) is 4.35. The Kier molecular flexibility index (Phi) is 3.15. The summed E-state index contributed by atoms with van der Waals surface area (Å²) in [5.74, 6) is 0.979. The van der Waals surface area contributed by atoms with E-state index in [9.17, 15) is 0 Å². The van der Waals surface area contributed by atoms with Crippen LogP contribution in [-0.4, -0.2) is 6.61 Å². The molecule has 0 amide bonds. The van der Waals surface area contributed by atoms with Crippen molar-refractivity contribution < 1.29 is 4.74 Å². The van der Waals surface area contributed by atoms with Gasteiger partial charge in [0.15, 0.2) is 0 Å². The van der Waals surface area contributed by atoms with Crippen molar-refractivity contribution >= 4 is 0 Å². The van der Waals surface area contributed by atoms with E-state index in [2.05, 4.69) is 19.9 Å². The van der Waals surface area contributed by atoms with Gasteiger partial charge in [0.1, 0.15) is 5.75 Å². The van der Waals surface area contributed by atoms with Crippen LogP contribution in [0.3, 0.4) is 0 Å². The summed E-state index contributed by atoms with van der Waals surface area (Å²) >= 11 is 0. The SMILES string of the molecule is [CH2]c1ccc(CC)c(OCC)c1. The monoisotopic (exact) mass is 163 g/mol. The molecule has 0 aliphatic rings. The fraction of sp³-hybridized carbons (Fsp3) is 0.364. The van der Waals surface area contributed by atoms with Crippen molar-refractivity contribution in [1.29, 1.82) is 0 Å². The summed E-state index contributed by atoms with van der Waals surface area (Å²) in [6, 6.07) is 6.08. The van der Waals surface area contributed by atoms with E-state index in [4.69, 9.17) is 4.74 Å². The van der Waals surface area contributed by atoms with Crippen molar-refractivity contribution in [2.75, 3.05) is 6.61 Å². The molecule has 1 radical (unpaired) electrons. The minimum atomic E-state index is 0.719. The quantitative estimate of drug-likeness (QED) is 0.665. The normalized spacial score (nSPS) is 9.92. The zero-order chi connectivity index (χ0) is 8.97. The molecule has 1 aromatic rings. The second kappa shape index (κ2) is 4.15. The van der Waals surface area contributed by atoms with E-state index in [0.717, 1.165) is 24.3 Å². The lowest BCUT2D eigenvalue weighted by Gasteiger charge is -2.08. The van der Waals surface area contributed by atoms with Crippen LogP contribution in [0, 0.1) is 6.92 Å². The first-order valence-electron chi connectivity index (χ1n) is 4.35. The molecule has 0 aliphatic carbocycles. The standard InChI is InChI=1S/C11H15O/c1-4-10-7-6-9(3)8-11(10)12-5-2/h6-8H,3-5H2,1-2H3. The molecule has 0 unspecified atom stereocenters. The molecule has 0 bridgehead atoms. The third-order valence-electron chi connectivity index (χ3n) is 1.81. The number of ether oxygens (including phenoxy) is 1. The van der Waals surface area contributed by atoms with E-state index >= 15 is 0 Å². The summed E-state index contributed by atoms with van der Waals surface area (Å²) in [6.45, 7) is 8.70. The zero-order valence-corrected chi connectivity index (χ0v) is 7.76. The summed E-state index contributed by atoms with van der Waals surface area (Å²) in [7, 11) is 0. The molecule has 0 saturated carbocycles. The van der Waals surface area contributed by atoms with Crippen molar-refractivity contribution in [3.63, 3.8) is 0 Å². The molecule has 1 nitrogen and oxygen atoms in total. The molecular weight excluding hydrogens is 148 g/mol. The van der Waals surface area contributed by atoms with Crippen molar-refractivity contribution in [1.82, 2.24) is 0 Å². The van der Waals surface area contributed by atoms with Crippen LogP contribution >= 0.6 is 0 Å². The zero-order valence-electron chi connectivity index (χ0n) is 7.76. The lowest BCUT2D eigenvalue weighted by molar-refractivity contribution is 0.336. The van der Waals surface area contributed by atoms with Gasteiger partial charge in [0.2, 0.25) is 0 Å². The van der Waals surface area contributed by atoms with E-state index < -0.39 is 0 Å². The Morgan fingerprint density at radius 3 is 2.67 bits per heavy atom. The molecule has 12 heavy (non-hydrogen) atoms. The van der Waals surface area contributed by atoms with Crippen LogP contribution in [0.15, 0.2) is 18.2 Å². The largest absolute Gasteiger partial charge is 0.494 e. The molecule has 1 heteroatoms. The molecule has 0 spiro atoms. The molecule has 0 aromatic heterocycles. The highest BCUT2D eigenvalue weighted by Gasteiger charge is 2.00. The fourth-order valence-electron chi connectivity index (χ4n) is 1.18. The predicted octanol–water partition coefficient (Wildman–Crippen LogP) is 2.83. The van der Waals surface area contributed by atoms with Crippen LogP contribution < -0.4 is 4.74 Å². The van der Waals surface area contributed by atoms with E-state index in [1.165, 1.54) is 5.56 Å². The van der Waals surface area contributed by atoms with Crippen LogP contribution in [-0.2, 0) is 6.42 Å². The van der Waals surface area contributed by atoms with Crippen LogP contribution in [0.25, 0.3) is 0 Å². The average molecular weight is 163 g/mol. The molecule has 0 fully saturated rings. The molecular formula is C11H15O. The molecule has 1 aromatic carbocycles.